The molecule has 2 rings (SSSR count). The zero-order valence-corrected chi connectivity index (χ0v) is 12.3. The van der Waals surface area contributed by atoms with Gasteiger partial charge < -0.3 is 4.74 Å². The van der Waals surface area contributed by atoms with Crippen molar-refractivity contribution >= 4 is 31.6 Å². The number of hydrogen-bond donors (Lipinski definition) is 1. The van der Waals surface area contributed by atoms with Gasteiger partial charge in [-0.2, -0.15) is 10.2 Å². The fourth-order valence-corrected chi connectivity index (χ4v) is 3.17. The minimum Gasteiger partial charge on any atom is -0.495 e. The largest absolute Gasteiger partial charge is 0.495 e. The fraction of sp³-hybridized carbons (Fsp3) is 0.0909. The van der Waals surface area contributed by atoms with Crippen LogP contribution in [0.1, 0.15) is 0 Å². The lowest BCUT2D eigenvalue weighted by molar-refractivity contribution is 0.403. The number of benzene rings is 1. The molecule has 2 aromatic rings. The highest BCUT2D eigenvalue weighted by Crippen LogP contribution is 2.28. The maximum Gasteiger partial charge on any atom is 0.265 e. The number of rotatable bonds is 4. The first-order chi connectivity index (χ1) is 9.03. The van der Waals surface area contributed by atoms with Crippen LogP contribution in [0.5, 0.6) is 5.75 Å². The number of ether oxygens (including phenoxy) is 1. The predicted molar refractivity (Wildman–Crippen MR) is 73.5 cm³/mol. The van der Waals surface area contributed by atoms with Crippen LogP contribution in [0.25, 0.3) is 0 Å². The first-order valence-corrected chi connectivity index (χ1v) is 7.43. The van der Waals surface area contributed by atoms with Crippen LogP contribution in [0, 0.1) is 0 Å². The molecule has 8 heteroatoms. The van der Waals surface area contributed by atoms with Crippen LogP contribution < -0.4 is 9.46 Å². The molecular formula is C11H10BrN3O3S. The molecule has 0 saturated heterocycles. The van der Waals surface area contributed by atoms with E-state index in [1.807, 2.05) is 0 Å². The van der Waals surface area contributed by atoms with E-state index in [9.17, 15) is 8.42 Å². The Balaban J connectivity index is 2.42. The Morgan fingerprint density at radius 2 is 2.05 bits per heavy atom. The Morgan fingerprint density at radius 3 is 2.68 bits per heavy atom. The lowest BCUT2D eigenvalue weighted by Crippen LogP contribution is -2.14. The standard InChI is InChI=1S/C11H10BrN3O3S/c1-18-10-3-2-8(12)6-11(10)19(16,17)15-9-4-5-13-14-7-9/h2-7H,1H3,(H,13,15). The quantitative estimate of drug-likeness (QED) is 0.918. The molecule has 0 unspecified atom stereocenters. The molecule has 1 heterocycles. The summed E-state index contributed by atoms with van der Waals surface area (Å²) in [6.07, 6.45) is 2.72. The Bertz CT molecular complexity index is 677. The van der Waals surface area contributed by atoms with Crippen molar-refractivity contribution < 1.29 is 13.2 Å². The van der Waals surface area contributed by atoms with Crippen molar-refractivity contribution in [1.82, 2.24) is 10.2 Å². The topological polar surface area (TPSA) is 81.2 Å². The molecule has 100 valence electrons. The van der Waals surface area contributed by atoms with E-state index >= 15 is 0 Å². The number of anilines is 1. The maximum atomic E-state index is 12.3. The summed E-state index contributed by atoms with van der Waals surface area (Å²) in [5.41, 5.74) is 0.331. The van der Waals surface area contributed by atoms with Crippen molar-refractivity contribution in [3.05, 3.63) is 41.1 Å². The second-order valence-corrected chi connectivity index (χ2v) is 6.10. The fourth-order valence-electron chi connectivity index (χ4n) is 1.42. The van der Waals surface area contributed by atoms with Crippen LogP contribution in [0.2, 0.25) is 0 Å². The number of nitrogens with zero attached hydrogens (tertiary/aromatic N) is 2. The summed E-state index contributed by atoms with van der Waals surface area (Å²) in [6, 6.07) is 6.25. The molecule has 0 atom stereocenters. The van der Waals surface area contributed by atoms with Gasteiger partial charge in [0.15, 0.2) is 0 Å². The average molecular weight is 344 g/mol. The van der Waals surface area contributed by atoms with Crippen molar-refractivity contribution in [3.63, 3.8) is 0 Å². The first-order valence-electron chi connectivity index (χ1n) is 5.16. The van der Waals surface area contributed by atoms with E-state index in [0.29, 0.717) is 10.2 Å². The normalized spacial score (nSPS) is 11.1. The van der Waals surface area contributed by atoms with Gasteiger partial charge >= 0.3 is 0 Å². The number of methoxy groups -OCH3 is 1. The lowest BCUT2D eigenvalue weighted by Gasteiger charge is -2.11. The number of sulfonamides is 1. The van der Waals surface area contributed by atoms with Crippen LogP contribution in [0.15, 0.2) is 46.0 Å². The Labute approximate surface area is 119 Å². The van der Waals surface area contributed by atoms with Crippen LogP contribution in [-0.2, 0) is 10.0 Å². The SMILES string of the molecule is COc1ccc(Br)cc1S(=O)(=O)Nc1ccnnc1. The van der Waals surface area contributed by atoms with Gasteiger partial charge in [0.05, 0.1) is 25.2 Å². The Morgan fingerprint density at radius 1 is 1.26 bits per heavy atom. The van der Waals surface area contributed by atoms with Gasteiger partial charge in [-0.1, -0.05) is 15.9 Å². The monoisotopic (exact) mass is 343 g/mol. The zero-order valence-electron chi connectivity index (χ0n) is 9.87. The van der Waals surface area contributed by atoms with Gasteiger partial charge in [0.25, 0.3) is 10.0 Å². The molecule has 1 N–H and O–H groups in total. The van der Waals surface area contributed by atoms with Gasteiger partial charge in [-0.25, -0.2) is 8.42 Å². The van der Waals surface area contributed by atoms with Crippen molar-refractivity contribution in [2.45, 2.75) is 4.90 Å². The molecular weight excluding hydrogens is 334 g/mol. The highest BCUT2D eigenvalue weighted by Gasteiger charge is 2.20. The van der Waals surface area contributed by atoms with Crippen molar-refractivity contribution in [3.8, 4) is 5.75 Å². The summed E-state index contributed by atoms with van der Waals surface area (Å²) < 4.78 is 32.6. The maximum absolute atomic E-state index is 12.3. The third-order valence-corrected chi connectivity index (χ3v) is 4.15. The summed E-state index contributed by atoms with van der Waals surface area (Å²) in [5, 5.41) is 7.18. The van der Waals surface area contributed by atoms with Gasteiger partial charge in [0, 0.05) is 4.47 Å². The minimum atomic E-state index is -3.75. The zero-order chi connectivity index (χ0) is 13.9. The van der Waals surface area contributed by atoms with E-state index in [1.54, 1.807) is 12.1 Å². The smallest absolute Gasteiger partial charge is 0.265 e. The molecule has 0 saturated carbocycles. The van der Waals surface area contributed by atoms with Crippen LogP contribution >= 0.6 is 15.9 Å². The predicted octanol–water partition coefficient (Wildman–Crippen LogP) is 2.05. The van der Waals surface area contributed by atoms with Gasteiger partial charge in [-0.3, -0.25) is 4.72 Å². The summed E-state index contributed by atoms with van der Waals surface area (Å²) in [4.78, 5) is 0.0428. The van der Waals surface area contributed by atoms with Crippen molar-refractivity contribution in [1.29, 1.82) is 0 Å². The van der Waals surface area contributed by atoms with E-state index in [-0.39, 0.29) is 10.6 Å². The Hall–Kier alpha value is -1.67. The van der Waals surface area contributed by atoms with Crippen molar-refractivity contribution in [2.75, 3.05) is 11.8 Å². The average Bonchev–Trinajstić information content (AvgIpc) is 2.39. The van der Waals surface area contributed by atoms with Crippen molar-refractivity contribution in [2.24, 2.45) is 0 Å². The molecule has 19 heavy (non-hydrogen) atoms. The highest BCUT2D eigenvalue weighted by atomic mass is 79.9. The number of nitrogens with one attached hydrogen (secondary N) is 1. The van der Waals surface area contributed by atoms with Gasteiger partial charge in [-0.05, 0) is 24.3 Å². The van der Waals surface area contributed by atoms with Gasteiger partial charge in [0.2, 0.25) is 0 Å². The molecule has 0 amide bonds. The second-order valence-electron chi connectivity index (χ2n) is 3.53. The Kier molecular flexibility index (Phi) is 4.01. The van der Waals surface area contributed by atoms with E-state index < -0.39 is 10.0 Å². The summed E-state index contributed by atoms with van der Waals surface area (Å²) in [5.74, 6) is 0.262. The second kappa shape index (κ2) is 5.54. The molecule has 6 nitrogen and oxygen atoms in total. The molecule has 0 radical (unpaired) electrons. The first kappa shape index (κ1) is 13.8. The summed E-state index contributed by atoms with van der Waals surface area (Å²) in [6.45, 7) is 0. The third kappa shape index (κ3) is 3.21. The number of aromatic nitrogens is 2. The molecule has 0 aliphatic carbocycles. The minimum absolute atomic E-state index is 0.0428. The highest BCUT2D eigenvalue weighted by molar-refractivity contribution is 9.10. The van der Waals surface area contributed by atoms with Crippen LogP contribution in [0.3, 0.4) is 0 Å². The molecule has 1 aromatic carbocycles. The molecule has 0 bridgehead atoms. The van der Waals surface area contributed by atoms with Gasteiger partial charge in [0.1, 0.15) is 10.6 Å². The number of halogens is 1. The molecule has 0 aliphatic rings. The van der Waals surface area contributed by atoms with E-state index in [2.05, 4.69) is 30.8 Å². The summed E-state index contributed by atoms with van der Waals surface area (Å²) >= 11 is 3.23. The lowest BCUT2D eigenvalue weighted by atomic mass is 10.3. The summed E-state index contributed by atoms with van der Waals surface area (Å²) in [7, 11) is -2.34. The third-order valence-electron chi connectivity index (χ3n) is 2.25. The van der Waals surface area contributed by atoms with Crippen LogP contribution in [0.4, 0.5) is 5.69 Å². The molecule has 1 aromatic heterocycles. The number of hydrogen-bond acceptors (Lipinski definition) is 5. The van der Waals surface area contributed by atoms with E-state index in [4.69, 9.17) is 4.74 Å². The van der Waals surface area contributed by atoms with Crippen LogP contribution in [-0.4, -0.2) is 25.7 Å². The molecule has 0 fully saturated rings. The van der Waals surface area contributed by atoms with E-state index in [1.165, 1.54) is 31.6 Å². The molecule has 0 aliphatic heterocycles. The van der Waals surface area contributed by atoms with Gasteiger partial charge in [-0.15, -0.1) is 0 Å². The van der Waals surface area contributed by atoms with E-state index in [0.717, 1.165) is 0 Å². The molecule has 0 spiro atoms.